The van der Waals surface area contributed by atoms with Gasteiger partial charge in [0.2, 0.25) is 5.95 Å². The summed E-state index contributed by atoms with van der Waals surface area (Å²) < 4.78 is 33.3. The highest BCUT2D eigenvalue weighted by Crippen LogP contribution is 2.26. The monoisotopic (exact) mass is 334 g/mol. The van der Waals surface area contributed by atoms with Gasteiger partial charge in [0, 0.05) is 23.9 Å². The maximum Gasteiger partial charge on any atom is 0.212 e. The first-order chi connectivity index (χ1) is 11.4. The van der Waals surface area contributed by atoms with E-state index in [1.807, 2.05) is 13.0 Å². The Kier molecular flexibility index (Phi) is 6.00. The smallest absolute Gasteiger partial charge is 0.212 e. The lowest BCUT2D eigenvalue weighted by molar-refractivity contribution is -0.233. The van der Waals surface area contributed by atoms with Crippen molar-refractivity contribution in [2.24, 2.45) is 0 Å². The summed E-state index contributed by atoms with van der Waals surface area (Å²) in [4.78, 5) is 8.97. The van der Waals surface area contributed by atoms with Crippen molar-refractivity contribution in [2.45, 2.75) is 26.6 Å². The number of hydrogen-bond donors (Lipinski definition) is 1. The molecule has 1 N–H and O–H groups in total. The van der Waals surface area contributed by atoms with Gasteiger partial charge >= 0.3 is 0 Å². The first kappa shape index (κ1) is 18.0. The van der Waals surface area contributed by atoms with Gasteiger partial charge in [0.05, 0.1) is 0 Å². The number of aromatic nitrogens is 1. The molecule has 0 saturated carbocycles. The number of nitrogens with zero attached hydrogens (tertiary/aromatic N) is 1. The number of benzene rings is 1. The lowest BCUT2D eigenvalue weighted by Crippen LogP contribution is -2.34. The van der Waals surface area contributed by atoms with E-state index >= 15 is 0 Å². The molecule has 4 nitrogen and oxygen atoms in total. The summed E-state index contributed by atoms with van der Waals surface area (Å²) in [6, 6.07) is 11.3. The molecule has 1 aromatic carbocycles. The molecule has 24 heavy (non-hydrogen) atoms. The Labute approximate surface area is 140 Å². The van der Waals surface area contributed by atoms with Crippen LogP contribution in [0.5, 0.6) is 0 Å². The fourth-order valence-electron chi connectivity index (χ4n) is 2.04. The van der Waals surface area contributed by atoms with Gasteiger partial charge in [0.25, 0.3) is 0 Å². The number of rotatable bonds is 7. The standard InChI is InChI=1S/C18H20F2N2O2/c1-4-23-18(2,3)24-22-17(13-8-6-5-7-9-13)16(20)14-10-11-15(19)21-12-14/h5-12,22H,4H2,1-3H3. The van der Waals surface area contributed by atoms with Crippen molar-refractivity contribution in [3.05, 3.63) is 65.7 Å². The lowest BCUT2D eigenvalue weighted by atomic mass is 10.1. The zero-order valence-electron chi connectivity index (χ0n) is 13.8. The van der Waals surface area contributed by atoms with Crippen LogP contribution in [0.25, 0.3) is 11.5 Å². The van der Waals surface area contributed by atoms with Crippen LogP contribution in [0.15, 0.2) is 48.7 Å². The molecule has 0 aliphatic carbocycles. The SMILES string of the molecule is CCOC(C)(C)ONC(=C(F)c1ccc(F)nc1)c1ccccc1. The van der Waals surface area contributed by atoms with Gasteiger partial charge in [-0.3, -0.25) is 5.48 Å². The molecule has 6 heteroatoms. The van der Waals surface area contributed by atoms with Crippen molar-refractivity contribution in [1.82, 2.24) is 10.5 Å². The third-order valence-electron chi connectivity index (χ3n) is 3.15. The Morgan fingerprint density at radius 2 is 1.83 bits per heavy atom. The Morgan fingerprint density at radius 3 is 2.42 bits per heavy atom. The molecule has 0 radical (unpaired) electrons. The van der Waals surface area contributed by atoms with E-state index < -0.39 is 17.6 Å². The van der Waals surface area contributed by atoms with Crippen LogP contribution in [-0.4, -0.2) is 17.4 Å². The number of pyridine rings is 1. The summed E-state index contributed by atoms with van der Waals surface area (Å²) in [5.41, 5.74) is 3.46. The van der Waals surface area contributed by atoms with Gasteiger partial charge in [-0.25, -0.2) is 14.2 Å². The number of ether oxygens (including phenoxy) is 1. The van der Waals surface area contributed by atoms with Crippen LogP contribution in [0, 0.1) is 5.95 Å². The third-order valence-corrected chi connectivity index (χ3v) is 3.15. The molecule has 1 aromatic heterocycles. The number of nitrogens with one attached hydrogen (secondary N) is 1. The molecule has 0 aliphatic rings. The van der Waals surface area contributed by atoms with Gasteiger partial charge < -0.3 is 4.74 Å². The van der Waals surface area contributed by atoms with E-state index in [4.69, 9.17) is 9.57 Å². The molecular weight excluding hydrogens is 314 g/mol. The summed E-state index contributed by atoms with van der Waals surface area (Å²) in [7, 11) is 0. The van der Waals surface area contributed by atoms with Gasteiger partial charge in [-0.15, -0.1) is 0 Å². The highest BCUT2D eigenvalue weighted by Gasteiger charge is 2.21. The van der Waals surface area contributed by atoms with Crippen LogP contribution in [0.4, 0.5) is 8.78 Å². The fourth-order valence-corrected chi connectivity index (χ4v) is 2.04. The maximum atomic E-state index is 14.9. The van der Waals surface area contributed by atoms with E-state index in [-0.39, 0.29) is 11.3 Å². The van der Waals surface area contributed by atoms with Gasteiger partial charge in [0.15, 0.2) is 11.6 Å². The molecule has 128 valence electrons. The third kappa shape index (κ3) is 4.84. The van der Waals surface area contributed by atoms with Gasteiger partial charge in [-0.05, 0) is 32.9 Å². The van der Waals surface area contributed by atoms with Crippen LogP contribution in [0.3, 0.4) is 0 Å². The van der Waals surface area contributed by atoms with E-state index in [0.29, 0.717) is 12.2 Å². The molecule has 0 unspecified atom stereocenters. The van der Waals surface area contributed by atoms with Crippen LogP contribution in [-0.2, 0) is 9.57 Å². The van der Waals surface area contributed by atoms with E-state index in [0.717, 1.165) is 12.3 Å². The van der Waals surface area contributed by atoms with Gasteiger partial charge in [0.1, 0.15) is 5.70 Å². The number of hydrogen-bond acceptors (Lipinski definition) is 4. The predicted octanol–water partition coefficient (Wildman–Crippen LogP) is 4.31. The minimum absolute atomic E-state index is 0.108. The highest BCUT2D eigenvalue weighted by molar-refractivity contribution is 5.85. The summed E-state index contributed by atoms with van der Waals surface area (Å²) >= 11 is 0. The van der Waals surface area contributed by atoms with Gasteiger partial charge in [-0.1, -0.05) is 30.3 Å². The topological polar surface area (TPSA) is 43.4 Å². The molecule has 0 saturated heterocycles. The maximum absolute atomic E-state index is 14.9. The number of hydroxylamine groups is 1. The van der Waals surface area contributed by atoms with Crippen molar-refractivity contribution in [1.29, 1.82) is 0 Å². The summed E-state index contributed by atoms with van der Waals surface area (Å²) in [6.07, 6.45) is 1.13. The summed E-state index contributed by atoms with van der Waals surface area (Å²) in [5, 5.41) is 0. The molecule has 0 fully saturated rings. The Morgan fingerprint density at radius 1 is 1.12 bits per heavy atom. The van der Waals surface area contributed by atoms with Crippen LogP contribution < -0.4 is 5.48 Å². The van der Waals surface area contributed by atoms with Crippen molar-refractivity contribution >= 4 is 11.5 Å². The minimum Gasteiger partial charge on any atom is -0.349 e. The zero-order valence-corrected chi connectivity index (χ0v) is 13.8. The zero-order chi connectivity index (χ0) is 17.6. The summed E-state index contributed by atoms with van der Waals surface area (Å²) in [5.74, 6) is -2.23. The second-order valence-corrected chi connectivity index (χ2v) is 5.46. The van der Waals surface area contributed by atoms with E-state index in [1.165, 1.54) is 6.07 Å². The molecular formula is C18H20F2N2O2. The average Bonchev–Trinajstić information content (AvgIpc) is 2.56. The fraction of sp³-hybridized carbons (Fsp3) is 0.278. The second kappa shape index (κ2) is 7.99. The predicted molar refractivity (Wildman–Crippen MR) is 88.5 cm³/mol. The highest BCUT2D eigenvalue weighted by atomic mass is 19.1. The van der Waals surface area contributed by atoms with Crippen molar-refractivity contribution in [3.8, 4) is 0 Å². The van der Waals surface area contributed by atoms with E-state index in [1.54, 1.807) is 38.1 Å². The first-order valence-corrected chi connectivity index (χ1v) is 7.58. The molecule has 0 aliphatic heterocycles. The van der Waals surface area contributed by atoms with Crippen molar-refractivity contribution in [2.75, 3.05) is 6.61 Å². The Bertz CT molecular complexity index is 686. The molecule has 0 spiro atoms. The van der Waals surface area contributed by atoms with E-state index in [2.05, 4.69) is 10.5 Å². The molecule has 1 heterocycles. The Balaban J connectivity index is 2.36. The van der Waals surface area contributed by atoms with Gasteiger partial charge in [-0.2, -0.15) is 4.39 Å². The normalized spacial score (nSPS) is 12.7. The van der Waals surface area contributed by atoms with Crippen molar-refractivity contribution < 1.29 is 18.4 Å². The quantitative estimate of drug-likeness (QED) is 0.465. The molecule has 0 amide bonds. The van der Waals surface area contributed by atoms with Crippen LogP contribution in [0.1, 0.15) is 31.9 Å². The number of halogens is 2. The van der Waals surface area contributed by atoms with Crippen LogP contribution in [0.2, 0.25) is 0 Å². The molecule has 2 rings (SSSR count). The molecule has 0 bridgehead atoms. The first-order valence-electron chi connectivity index (χ1n) is 7.58. The van der Waals surface area contributed by atoms with E-state index in [9.17, 15) is 8.78 Å². The molecule has 0 atom stereocenters. The average molecular weight is 334 g/mol. The second-order valence-electron chi connectivity index (χ2n) is 5.46. The Hall–Kier alpha value is -2.31. The molecule has 2 aromatic rings. The minimum atomic E-state index is -0.948. The largest absolute Gasteiger partial charge is 0.349 e. The lowest BCUT2D eigenvalue weighted by Gasteiger charge is -2.26. The van der Waals surface area contributed by atoms with Crippen LogP contribution >= 0.6 is 0 Å². The van der Waals surface area contributed by atoms with Crippen molar-refractivity contribution in [3.63, 3.8) is 0 Å². The summed E-state index contributed by atoms with van der Waals surface area (Å²) in [6.45, 7) is 5.71.